The average Bonchev–Trinajstić information content (AvgIpc) is 3.51. The SMILES string of the molecule is CCOC(=O)CC[C@@H](NC(=O)[C@@H](NC(=O)CC1(C(N)=O)CC1c1ccc(F)c(F)c1)C(C)C)C(=O)O. The zero-order valence-electron chi connectivity index (χ0n) is 20.3. The summed E-state index contributed by atoms with van der Waals surface area (Å²) in [5.41, 5.74) is 4.54. The number of nitrogens with two attached hydrogens (primary N) is 1. The molecule has 2 rings (SSSR count). The molecule has 5 N–H and O–H groups in total. The van der Waals surface area contributed by atoms with Crippen molar-refractivity contribution < 1.29 is 42.6 Å². The third-order valence-electron chi connectivity index (χ3n) is 6.21. The van der Waals surface area contributed by atoms with Crippen LogP contribution in [0.3, 0.4) is 0 Å². The van der Waals surface area contributed by atoms with Crippen molar-refractivity contribution in [2.45, 2.75) is 64.5 Å². The van der Waals surface area contributed by atoms with Gasteiger partial charge >= 0.3 is 11.9 Å². The van der Waals surface area contributed by atoms with Gasteiger partial charge in [0.05, 0.1) is 12.0 Å². The number of carboxylic acids is 1. The van der Waals surface area contributed by atoms with Crippen LogP contribution in [0.5, 0.6) is 0 Å². The van der Waals surface area contributed by atoms with E-state index in [1.807, 2.05) is 0 Å². The van der Waals surface area contributed by atoms with Gasteiger partial charge in [-0.2, -0.15) is 0 Å². The summed E-state index contributed by atoms with van der Waals surface area (Å²) >= 11 is 0. The molecule has 0 saturated heterocycles. The predicted octanol–water partition coefficient (Wildman–Crippen LogP) is 1.37. The van der Waals surface area contributed by atoms with Gasteiger partial charge in [0.15, 0.2) is 11.6 Å². The molecule has 36 heavy (non-hydrogen) atoms. The van der Waals surface area contributed by atoms with E-state index in [0.717, 1.165) is 12.1 Å². The van der Waals surface area contributed by atoms with Crippen LogP contribution in [0.25, 0.3) is 0 Å². The van der Waals surface area contributed by atoms with Crippen LogP contribution in [0.2, 0.25) is 0 Å². The number of esters is 1. The minimum absolute atomic E-state index is 0.133. The lowest BCUT2D eigenvalue weighted by Gasteiger charge is -2.25. The molecule has 0 aromatic heterocycles. The Kier molecular flexibility index (Phi) is 9.48. The average molecular weight is 512 g/mol. The Hall–Kier alpha value is -3.57. The molecule has 1 aliphatic rings. The summed E-state index contributed by atoms with van der Waals surface area (Å²) in [4.78, 5) is 60.9. The zero-order valence-corrected chi connectivity index (χ0v) is 20.3. The smallest absolute Gasteiger partial charge is 0.326 e. The molecule has 0 bridgehead atoms. The first-order valence-corrected chi connectivity index (χ1v) is 11.5. The van der Waals surface area contributed by atoms with E-state index in [1.165, 1.54) is 6.07 Å². The molecule has 1 aromatic carbocycles. The number of halogens is 2. The number of hydrogen-bond donors (Lipinski definition) is 4. The van der Waals surface area contributed by atoms with Crippen LogP contribution in [0.4, 0.5) is 8.78 Å². The highest BCUT2D eigenvalue weighted by Gasteiger charge is 2.60. The van der Waals surface area contributed by atoms with Crippen molar-refractivity contribution in [3.63, 3.8) is 0 Å². The van der Waals surface area contributed by atoms with Gasteiger partial charge in [-0.15, -0.1) is 0 Å². The van der Waals surface area contributed by atoms with E-state index in [1.54, 1.807) is 20.8 Å². The second-order valence-electron chi connectivity index (χ2n) is 9.16. The lowest BCUT2D eigenvalue weighted by atomic mass is 9.93. The molecular weight excluding hydrogens is 480 g/mol. The number of hydrogen-bond acceptors (Lipinski definition) is 6. The van der Waals surface area contributed by atoms with Crippen LogP contribution >= 0.6 is 0 Å². The minimum Gasteiger partial charge on any atom is -0.480 e. The summed E-state index contributed by atoms with van der Waals surface area (Å²) in [6, 6.07) is 0.660. The van der Waals surface area contributed by atoms with Crippen molar-refractivity contribution in [3.8, 4) is 0 Å². The molecule has 0 aliphatic heterocycles. The third-order valence-corrected chi connectivity index (χ3v) is 6.21. The van der Waals surface area contributed by atoms with Crippen LogP contribution in [0, 0.1) is 23.0 Å². The second-order valence-corrected chi connectivity index (χ2v) is 9.16. The molecule has 1 aromatic rings. The second kappa shape index (κ2) is 11.9. The fourth-order valence-electron chi connectivity index (χ4n) is 4.09. The molecule has 0 heterocycles. The summed E-state index contributed by atoms with van der Waals surface area (Å²) in [5.74, 6) is -7.42. The Morgan fingerprint density at radius 2 is 1.83 bits per heavy atom. The molecule has 0 radical (unpaired) electrons. The standard InChI is InChI=1S/C24H31F2N3O7/c1-4-36-19(31)8-7-17(22(33)34)28-21(32)20(12(2)3)29-18(30)11-24(23(27)35)10-14(24)13-5-6-15(25)16(26)9-13/h5-6,9,12,14,17,20H,4,7-8,10-11H2,1-3H3,(H2,27,35)(H,28,32)(H,29,30)(H,33,34)/t14?,17-,20+,24?/m1/s1. The van der Waals surface area contributed by atoms with Crippen molar-refractivity contribution >= 4 is 29.7 Å². The van der Waals surface area contributed by atoms with E-state index in [2.05, 4.69) is 10.6 Å². The number of carbonyl (C=O) groups excluding carboxylic acids is 4. The normalized spacial score (nSPS) is 20.2. The van der Waals surface area contributed by atoms with Crippen LogP contribution in [0.15, 0.2) is 18.2 Å². The maximum Gasteiger partial charge on any atom is 0.326 e. The van der Waals surface area contributed by atoms with Gasteiger partial charge in [0.2, 0.25) is 17.7 Å². The van der Waals surface area contributed by atoms with Gasteiger partial charge in [-0.1, -0.05) is 19.9 Å². The molecule has 2 unspecified atom stereocenters. The van der Waals surface area contributed by atoms with Gasteiger partial charge in [-0.05, 0) is 49.3 Å². The van der Waals surface area contributed by atoms with Crippen LogP contribution in [-0.2, 0) is 28.7 Å². The molecule has 198 valence electrons. The van der Waals surface area contributed by atoms with E-state index >= 15 is 0 Å². The summed E-state index contributed by atoms with van der Waals surface area (Å²) < 4.78 is 31.7. The Morgan fingerprint density at radius 1 is 1.17 bits per heavy atom. The van der Waals surface area contributed by atoms with E-state index in [0.29, 0.717) is 5.56 Å². The Morgan fingerprint density at radius 3 is 2.36 bits per heavy atom. The van der Waals surface area contributed by atoms with Crippen molar-refractivity contribution in [2.75, 3.05) is 6.61 Å². The van der Waals surface area contributed by atoms with Gasteiger partial charge in [0, 0.05) is 12.8 Å². The fourth-order valence-corrected chi connectivity index (χ4v) is 4.09. The minimum atomic E-state index is -1.39. The van der Waals surface area contributed by atoms with E-state index in [4.69, 9.17) is 10.5 Å². The Balaban J connectivity index is 2.07. The molecule has 1 saturated carbocycles. The number of amides is 3. The number of rotatable bonds is 13. The molecule has 12 heteroatoms. The summed E-state index contributed by atoms with van der Waals surface area (Å²) in [5, 5.41) is 14.2. The van der Waals surface area contributed by atoms with Crippen LogP contribution < -0.4 is 16.4 Å². The first kappa shape index (κ1) is 28.7. The van der Waals surface area contributed by atoms with Gasteiger partial charge in [0.25, 0.3) is 0 Å². The lowest BCUT2D eigenvalue weighted by Crippen LogP contribution is -2.54. The maximum absolute atomic E-state index is 13.6. The quantitative estimate of drug-likeness (QED) is 0.290. The number of primary amides is 1. The van der Waals surface area contributed by atoms with Gasteiger partial charge < -0.3 is 26.2 Å². The first-order valence-electron chi connectivity index (χ1n) is 11.5. The molecule has 10 nitrogen and oxygen atoms in total. The van der Waals surface area contributed by atoms with Crippen molar-refractivity contribution in [3.05, 3.63) is 35.4 Å². The fraction of sp³-hybridized carbons (Fsp3) is 0.542. The van der Waals surface area contributed by atoms with Crippen molar-refractivity contribution in [1.82, 2.24) is 10.6 Å². The summed E-state index contributed by atoms with van der Waals surface area (Å²) in [7, 11) is 0. The number of carbonyl (C=O) groups is 5. The Bertz CT molecular complexity index is 1030. The molecule has 1 aliphatic carbocycles. The van der Waals surface area contributed by atoms with Gasteiger partial charge in [0.1, 0.15) is 12.1 Å². The summed E-state index contributed by atoms with van der Waals surface area (Å²) in [6.45, 7) is 5.00. The number of carboxylic acid groups (broad SMARTS) is 1. The van der Waals surface area contributed by atoms with Gasteiger partial charge in [-0.25, -0.2) is 13.6 Å². The highest BCUT2D eigenvalue weighted by Crippen LogP contribution is 2.61. The molecule has 3 amide bonds. The highest BCUT2D eigenvalue weighted by atomic mass is 19.2. The number of benzene rings is 1. The lowest BCUT2D eigenvalue weighted by molar-refractivity contribution is -0.145. The van der Waals surface area contributed by atoms with Crippen molar-refractivity contribution in [1.29, 1.82) is 0 Å². The van der Waals surface area contributed by atoms with Gasteiger partial charge in [-0.3, -0.25) is 19.2 Å². The van der Waals surface area contributed by atoms with E-state index in [9.17, 15) is 37.9 Å². The monoisotopic (exact) mass is 511 g/mol. The first-order chi connectivity index (χ1) is 16.8. The van der Waals surface area contributed by atoms with Crippen LogP contribution in [0.1, 0.15) is 57.9 Å². The number of aliphatic carboxylic acids is 1. The summed E-state index contributed by atoms with van der Waals surface area (Å²) in [6.07, 6.45) is -0.683. The highest BCUT2D eigenvalue weighted by molar-refractivity contribution is 5.94. The maximum atomic E-state index is 13.6. The zero-order chi connectivity index (χ0) is 27.2. The predicted molar refractivity (Wildman–Crippen MR) is 122 cm³/mol. The van der Waals surface area contributed by atoms with Crippen molar-refractivity contribution in [2.24, 2.45) is 17.1 Å². The molecule has 0 spiro atoms. The van der Waals surface area contributed by atoms with Crippen LogP contribution in [-0.4, -0.2) is 53.5 Å². The number of nitrogens with one attached hydrogen (secondary N) is 2. The Labute approximate surface area is 206 Å². The molecular formula is C24H31F2N3O7. The topological polar surface area (TPSA) is 165 Å². The number of ether oxygens (including phenoxy) is 1. The van der Waals surface area contributed by atoms with E-state index < -0.39 is 77.0 Å². The molecule has 4 atom stereocenters. The molecule has 1 fully saturated rings. The third kappa shape index (κ3) is 6.98. The van der Waals surface area contributed by atoms with E-state index in [-0.39, 0.29) is 25.9 Å². The largest absolute Gasteiger partial charge is 0.480 e.